The Bertz CT molecular complexity index is 1010. The second-order valence-electron chi connectivity index (χ2n) is 5.99. The minimum atomic E-state index is -3.70. The maximum absolute atomic E-state index is 12.1. The summed E-state index contributed by atoms with van der Waals surface area (Å²) in [6.07, 6.45) is 3.36. The van der Waals surface area contributed by atoms with E-state index in [-0.39, 0.29) is 22.1 Å². The number of sulfonamides is 1. The van der Waals surface area contributed by atoms with Crippen molar-refractivity contribution >= 4 is 28.0 Å². The molecule has 29 heavy (non-hydrogen) atoms. The first kappa shape index (κ1) is 22.1. The van der Waals surface area contributed by atoms with E-state index in [0.29, 0.717) is 18.5 Å². The third-order valence-corrected chi connectivity index (χ3v) is 5.52. The van der Waals surface area contributed by atoms with E-state index in [1.807, 2.05) is 0 Å². The monoisotopic (exact) mass is 418 g/mol. The Morgan fingerprint density at radius 2 is 1.83 bits per heavy atom. The number of nitrogens with one attached hydrogen (secondary N) is 2. The molecule has 0 spiro atoms. The molecule has 0 aliphatic carbocycles. The number of carboxylic acids is 1. The molecule has 154 valence electrons. The summed E-state index contributed by atoms with van der Waals surface area (Å²) in [5.74, 6) is -1.12. The maximum Gasteiger partial charge on any atom is 0.335 e. The fourth-order valence-corrected chi connectivity index (χ4v) is 3.42. The minimum Gasteiger partial charge on any atom is -0.495 e. The molecular weight excluding hydrogens is 396 g/mol. The molecule has 2 aromatic carbocycles. The molecule has 0 bridgehead atoms. The first-order valence-electron chi connectivity index (χ1n) is 8.66. The molecule has 0 unspecified atom stereocenters. The topological polar surface area (TPSA) is 122 Å². The van der Waals surface area contributed by atoms with Crippen molar-refractivity contribution < 1.29 is 27.9 Å². The van der Waals surface area contributed by atoms with E-state index < -0.39 is 16.0 Å². The lowest BCUT2D eigenvalue weighted by atomic mass is 10.1. The zero-order valence-corrected chi connectivity index (χ0v) is 16.8. The Balaban J connectivity index is 1.96. The summed E-state index contributed by atoms with van der Waals surface area (Å²) in [7, 11) is -1.02. The number of carbonyl (C=O) groups is 2. The van der Waals surface area contributed by atoms with Gasteiger partial charge >= 0.3 is 5.97 Å². The third kappa shape index (κ3) is 6.16. The van der Waals surface area contributed by atoms with Crippen molar-refractivity contribution in [3.8, 4) is 5.75 Å². The van der Waals surface area contributed by atoms with Crippen molar-refractivity contribution in [2.24, 2.45) is 0 Å². The van der Waals surface area contributed by atoms with Crippen LogP contribution in [0.3, 0.4) is 0 Å². The molecule has 3 N–H and O–H groups in total. The first-order chi connectivity index (χ1) is 13.8. The summed E-state index contributed by atoms with van der Waals surface area (Å²) in [6, 6.07) is 11.0. The average molecular weight is 418 g/mol. The number of rotatable bonds is 9. The summed E-state index contributed by atoms with van der Waals surface area (Å²) in [5, 5.41) is 11.6. The van der Waals surface area contributed by atoms with E-state index in [1.54, 1.807) is 18.2 Å². The highest BCUT2D eigenvalue weighted by molar-refractivity contribution is 7.89. The Hall–Kier alpha value is -3.17. The second-order valence-corrected chi connectivity index (χ2v) is 7.85. The van der Waals surface area contributed by atoms with Crippen molar-refractivity contribution in [1.82, 2.24) is 10.0 Å². The summed E-state index contributed by atoms with van der Waals surface area (Å²) >= 11 is 0. The lowest BCUT2D eigenvalue weighted by Gasteiger charge is -2.09. The summed E-state index contributed by atoms with van der Waals surface area (Å²) in [6.45, 7) is 0.373. The van der Waals surface area contributed by atoms with E-state index in [2.05, 4.69) is 10.0 Å². The van der Waals surface area contributed by atoms with E-state index in [1.165, 1.54) is 50.6 Å². The molecule has 0 saturated carbocycles. The second kappa shape index (κ2) is 9.85. The third-order valence-electron chi connectivity index (χ3n) is 4.09. The number of carboxylic acid groups (broad SMARTS) is 1. The van der Waals surface area contributed by atoms with Gasteiger partial charge in [-0.2, -0.15) is 0 Å². The van der Waals surface area contributed by atoms with Crippen molar-refractivity contribution in [1.29, 1.82) is 0 Å². The van der Waals surface area contributed by atoms with Gasteiger partial charge in [0.05, 0.1) is 12.7 Å². The van der Waals surface area contributed by atoms with Crippen LogP contribution in [0, 0.1) is 0 Å². The fraction of sp³-hybridized carbons (Fsp3) is 0.200. The molecule has 0 aromatic heterocycles. The number of ether oxygens (including phenoxy) is 1. The van der Waals surface area contributed by atoms with Gasteiger partial charge in [0.15, 0.2) is 0 Å². The normalized spacial score (nSPS) is 11.4. The standard InChI is InChI=1S/C20H22N2O6S/c1-21-29(26,27)18-13-15(5-9-17(18)28-2)6-10-19(23)22-12-11-14-3-7-16(8-4-14)20(24)25/h3-10,13,21H,11-12H2,1-2H3,(H,22,23)(H,24,25). The lowest BCUT2D eigenvalue weighted by Crippen LogP contribution is -2.23. The largest absolute Gasteiger partial charge is 0.495 e. The van der Waals surface area contributed by atoms with Crippen LogP contribution >= 0.6 is 0 Å². The van der Waals surface area contributed by atoms with Crippen molar-refractivity contribution in [2.45, 2.75) is 11.3 Å². The molecular formula is C20H22N2O6S. The van der Waals surface area contributed by atoms with Crippen LogP contribution < -0.4 is 14.8 Å². The Kier molecular flexibility index (Phi) is 7.52. The quantitative estimate of drug-likeness (QED) is 0.533. The van der Waals surface area contributed by atoms with Gasteiger partial charge in [-0.1, -0.05) is 18.2 Å². The van der Waals surface area contributed by atoms with Gasteiger partial charge in [-0.15, -0.1) is 0 Å². The van der Waals surface area contributed by atoms with Gasteiger partial charge in [0, 0.05) is 12.6 Å². The molecule has 0 radical (unpaired) electrons. The van der Waals surface area contributed by atoms with E-state index in [4.69, 9.17) is 9.84 Å². The number of hydrogen-bond donors (Lipinski definition) is 3. The number of hydrogen-bond acceptors (Lipinski definition) is 5. The number of aromatic carboxylic acids is 1. The molecule has 8 nitrogen and oxygen atoms in total. The Morgan fingerprint density at radius 1 is 1.14 bits per heavy atom. The van der Waals surface area contributed by atoms with Crippen LogP contribution in [0.15, 0.2) is 53.4 Å². The Labute approximate surface area is 169 Å². The molecule has 1 amide bonds. The van der Waals surface area contributed by atoms with Crippen LogP contribution in [-0.2, 0) is 21.2 Å². The highest BCUT2D eigenvalue weighted by atomic mass is 32.2. The number of carbonyl (C=O) groups excluding carboxylic acids is 1. The van der Waals surface area contributed by atoms with Gasteiger partial charge in [-0.25, -0.2) is 17.9 Å². The summed E-state index contributed by atoms with van der Waals surface area (Å²) < 4.78 is 31.5. The van der Waals surface area contributed by atoms with Gasteiger partial charge in [0.1, 0.15) is 10.6 Å². The molecule has 0 atom stereocenters. The smallest absolute Gasteiger partial charge is 0.335 e. The highest BCUT2D eigenvalue weighted by Gasteiger charge is 2.17. The predicted molar refractivity (Wildman–Crippen MR) is 108 cm³/mol. The fourth-order valence-electron chi connectivity index (χ4n) is 2.49. The molecule has 9 heteroatoms. The molecule has 0 aliphatic rings. The van der Waals surface area contributed by atoms with Crippen LogP contribution in [-0.4, -0.2) is 46.1 Å². The zero-order chi connectivity index (χ0) is 21.4. The van der Waals surface area contributed by atoms with E-state index >= 15 is 0 Å². The first-order valence-corrected chi connectivity index (χ1v) is 10.1. The zero-order valence-electron chi connectivity index (χ0n) is 16.0. The SMILES string of the molecule is CNS(=O)(=O)c1cc(C=CC(=O)NCCc2ccc(C(=O)O)cc2)ccc1OC. The van der Waals surface area contributed by atoms with Crippen LogP contribution in [0.25, 0.3) is 6.08 Å². The molecule has 2 aromatic rings. The summed E-state index contributed by atoms with van der Waals surface area (Å²) in [5.41, 5.74) is 1.63. The number of amides is 1. The summed E-state index contributed by atoms with van der Waals surface area (Å²) in [4.78, 5) is 22.8. The lowest BCUT2D eigenvalue weighted by molar-refractivity contribution is -0.116. The van der Waals surface area contributed by atoms with Crippen LogP contribution in [0.1, 0.15) is 21.5 Å². The van der Waals surface area contributed by atoms with Gasteiger partial charge in [-0.3, -0.25) is 4.79 Å². The number of benzene rings is 2. The van der Waals surface area contributed by atoms with Crippen LogP contribution in [0.2, 0.25) is 0 Å². The van der Waals surface area contributed by atoms with Crippen LogP contribution in [0.4, 0.5) is 0 Å². The van der Waals surface area contributed by atoms with E-state index in [9.17, 15) is 18.0 Å². The Morgan fingerprint density at radius 3 is 2.41 bits per heavy atom. The average Bonchev–Trinajstić information content (AvgIpc) is 2.72. The van der Waals surface area contributed by atoms with E-state index in [0.717, 1.165) is 5.56 Å². The minimum absolute atomic E-state index is 0.0186. The van der Waals surface area contributed by atoms with Crippen molar-refractivity contribution in [3.63, 3.8) is 0 Å². The maximum atomic E-state index is 12.1. The molecule has 0 fully saturated rings. The number of methoxy groups -OCH3 is 1. The molecule has 0 heterocycles. The molecule has 2 rings (SSSR count). The van der Waals surface area contributed by atoms with Gasteiger partial charge < -0.3 is 15.2 Å². The van der Waals surface area contributed by atoms with Gasteiger partial charge in [0.25, 0.3) is 0 Å². The molecule has 0 aliphatic heterocycles. The van der Waals surface area contributed by atoms with Crippen LogP contribution in [0.5, 0.6) is 5.75 Å². The van der Waals surface area contributed by atoms with Gasteiger partial charge in [0.2, 0.25) is 15.9 Å². The molecule has 0 saturated heterocycles. The van der Waals surface area contributed by atoms with Gasteiger partial charge in [-0.05, 0) is 54.9 Å². The van der Waals surface area contributed by atoms with Crippen molar-refractivity contribution in [2.75, 3.05) is 20.7 Å². The van der Waals surface area contributed by atoms with Crippen molar-refractivity contribution in [3.05, 3.63) is 65.2 Å². The highest BCUT2D eigenvalue weighted by Crippen LogP contribution is 2.25. The predicted octanol–water partition coefficient (Wildman–Crippen LogP) is 1.67.